The average Bonchev–Trinajstić information content (AvgIpc) is 3.04. The van der Waals surface area contributed by atoms with Crippen LogP contribution in [0.15, 0.2) is 30.3 Å². The molecule has 0 aliphatic carbocycles. The molecule has 9 nitrogen and oxygen atoms in total. The zero-order chi connectivity index (χ0) is 23.8. The molecule has 0 saturated carbocycles. The van der Waals surface area contributed by atoms with Crippen molar-refractivity contribution in [3.63, 3.8) is 0 Å². The number of nitrogens with zero attached hydrogens (tertiary/aromatic N) is 1. The number of benzene rings is 1. The van der Waals surface area contributed by atoms with Crippen LogP contribution in [0.3, 0.4) is 0 Å². The van der Waals surface area contributed by atoms with Gasteiger partial charge in [-0.05, 0) is 43.1 Å². The van der Waals surface area contributed by atoms with Crippen LogP contribution in [0.1, 0.15) is 52.5 Å². The Morgan fingerprint density at radius 2 is 1.72 bits per heavy atom. The maximum atomic E-state index is 13.2. The second-order valence-electron chi connectivity index (χ2n) is 9.02. The number of hydrogen-bond acceptors (Lipinski definition) is 5. The summed E-state index contributed by atoms with van der Waals surface area (Å²) in [5.41, 5.74) is 5.19. The molecule has 2 rings (SSSR count). The third kappa shape index (κ3) is 6.53. The normalized spacial score (nSPS) is 18.0. The number of amides is 5. The summed E-state index contributed by atoms with van der Waals surface area (Å²) in [6.07, 6.45) is 2.06. The van der Waals surface area contributed by atoms with Crippen LogP contribution in [0.4, 0.5) is 4.79 Å². The van der Waals surface area contributed by atoms with Crippen molar-refractivity contribution in [2.75, 3.05) is 0 Å². The molecule has 1 aliphatic rings. The molecule has 0 radical (unpaired) electrons. The minimum atomic E-state index is -0.823. The number of rotatable bonds is 11. The fourth-order valence-electron chi connectivity index (χ4n) is 3.98. The number of aryl methyl sites for hydroxylation is 1. The van der Waals surface area contributed by atoms with Crippen molar-refractivity contribution in [1.82, 2.24) is 21.2 Å². The molecule has 1 aromatic rings. The lowest BCUT2D eigenvalue weighted by molar-refractivity contribution is -0.145. The van der Waals surface area contributed by atoms with Gasteiger partial charge >= 0.3 is 6.03 Å². The summed E-state index contributed by atoms with van der Waals surface area (Å²) in [4.78, 5) is 50.4. The van der Waals surface area contributed by atoms with Gasteiger partial charge in [0, 0.05) is 0 Å². The third-order valence-corrected chi connectivity index (χ3v) is 5.68. The molecule has 0 spiro atoms. The van der Waals surface area contributed by atoms with Crippen molar-refractivity contribution in [3.8, 4) is 0 Å². The third-order valence-electron chi connectivity index (χ3n) is 5.68. The van der Waals surface area contributed by atoms with Crippen LogP contribution in [0.25, 0.3) is 0 Å². The Morgan fingerprint density at radius 3 is 2.25 bits per heavy atom. The van der Waals surface area contributed by atoms with Gasteiger partial charge in [0.1, 0.15) is 6.04 Å². The van der Waals surface area contributed by atoms with Gasteiger partial charge in [-0.3, -0.25) is 25.0 Å². The molecule has 1 saturated heterocycles. The van der Waals surface area contributed by atoms with E-state index in [1.165, 1.54) is 0 Å². The van der Waals surface area contributed by atoms with Gasteiger partial charge in [-0.1, -0.05) is 58.0 Å². The van der Waals surface area contributed by atoms with Crippen molar-refractivity contribution in [1.29, 1.82) is 0 Å². The van der Waals surface area contributed by atoms with Crippen molar-refractivity contribution < 1.29 is 24.4 Å². The number of carbonyl (C=O) groups is 4. The van der Waals surface area contributed by atoms with Gasteiger partial charge in [0.2, 0.25) is 11.8 Å². The highest BCUT2D eigenvalue weighted by atomic mass is 16.5. The van der Waals surface area contributed by atoms with Crippen molar-refractivity contribution in [3.05, 3.63) is 35.9 Å². The predicted molar refractivity (Wildman–Crippen MR) is 118 cm³/mol. The lowest BCUT2D eigenvalue weighted by Crippen LogP contribution is -2.51. The summed E-state index contributed by atoms with van der Waals surface area (Å²) in [7, 11) is 0. The molecular formula is C23H34N4O5. The quantitative estimate of drug-likeness (QED) is 0.236. The summed E-state index contributed by atoms with van der Waals surface area (Å²) in [5.74, 6) is -3.49. The van der Waals surface area contributed by atoms with Gasteiger partial charge in [-0.25, -0.2) is 10.3 Å². The number of hydrogen-bond donors (Lipinski definition) is 4. The van der Waals surface area contributed by atoms with E-state index in [-0.39, 0.29) is 11.8 Å². The van der Waals surface area contributed by atoms with E-state index in [2.05, 4.69) is 10.7 Å². The maximum absolute atomic E-state index is 13.2. The Balaban J connectivity index is 2.15. The number of hydrazine groups is 1. The Labute approximate surface area is 188 Å². The molecule has 1 aliphatic heterocycles. The first kappa shape index (κ1) is 25.3. The van der Waals surface area contributed by atoms with Crippen LogP contribution in [-0.4, -0.2) is 40.0 Å². The topological polar surface area (TPSA) is 128 Å². The molecule has 1 heterocycles. The fourth-order valence-corrected chi connectivity index (χ4v) is 3.98. The highest BCUT2D eigenvalue weighted by Gasteiger charge is 2.43. The van der Waals surface area contributed by atoms with Crippen molar-refractivity contribution in [2.24, 2.45) is 23.7 Å². The summed E-state index contributed by atoms with van der Waals surface area (Å²) in [6.45, 7) is 7.43. The smallest absolute Gasteiger partial charge is 0.324 e. The molecule has 32 heavy (non-hydrogen) atoms. The summed E-state index contributed by atoms with van der Waals surface area (Å²) in [6, 6.07) is 8.36. The second kappa shape index (κ2) is 11.6. The Bertz CT molecular complexity index is 812. The molecule has 4 N–H and O–H groups in total. The zero-order valence-electron chi connectivity index (χ0n) is 19.1. The lowest BCUT2D eigenvalue weighted by atomic mass is 9.81. The SMILES string of the molecule is CC(C)C[C@@H](C(=O)NN1C(=O)NC(C(C)C)C1=O)[C@H](CCCc1ccccc1)C(=O)NO. The molecule has 9 heteroatoms. The van der Waals surface area contributed by atoms with Gasteiger partial charge in [-0.2, -0.15) is 5.01 Å². The van der Waals surface area contributed by atoms with E-state index < -0.39 is 41.6 Å². The monoisotopic (exact) mass is 446 g/mol. The molecule has 0 aromatic heterocycles. The molecule has 1 aromatic carbocycles. The van der Waals surface area contributed by atoms with E-state index in [4.69, 9.17) is 0 Å². The molecular weight excluding hydrogens is 412 g/mol. The Kier molecular flexibility index (Phi) is 9.19. The molecule has 176 valence electrons. The lowest BCUT2D eigenvalue weighted by Gasteiger charge is -2.27. The number of carbonyl (C=O) groups excluding carboxylic acids is 4. The van der Waals surface area contributed by atoms with Gasteiger partial charge in [0.05, 0.1) is 11.8 Å². The van der Waals surface area contributed by atoms with Crippen LogP contribution in [-0.2, 0) is 20.8 Å². The van der Waals surface area contributed by atoms with Crippen LogP contribution >= 0.6 is 0 Å². The standard InChI is InChI=1S/C23H34N4O5/c1-14(2)13-18(20(28)25-27-22(30)19(15(3)4)24-23(27)31)17(21(29)26-32)12-8-11-16-9-6-5-7-10-16/h5-7,9-10,14-15,17-19,32H,8,11-13H2,1-4H3,(H,24,31)(H,25,28)(H,26,29)/t17-,18+,19?/m0/s1. The number of hydroxylamine groups is 1. The van der Waals surface area contributed by atoms with Crippen molar-refractivity contribution >= 4 is 23.8 Å². The van der Waals surface area contributed by atoms with Gasteiger partial charge in [0.25, 0.3) is 5.91 Å². The van der Waals surface area contributed by atoms with E-state index in [9.17, 15) is 24.4 Å². The molecule has 1 unspecified atom stereocenters. The van der Waals surface area contributed by atoms with E-state index in [0.29, 0.717) is 24.3 Å². The van der Waals surface area contributed by atoms with Gasteiger partial charge in [0.15, 0.2) is 0 Å². The minimum absolute atomic E-state index is 0.0698. The van der Waals surface area contributed by atoms with Crippen LogP contribution < -0.4 is 16.2 Å². The van der Waals surface area contributed by atoms with Crippen molar-refractivity contribution in [2.45, 2.75) is 59.4 Å². The van der Waals surface area contributed by atoms with Gasteiger partial charge in [-0.15, -0.1) is 0 Å². The van der Waals surface area contributed by atoms with E-state index in [0.717, 1.165) is 12.0 Å². The first-order chi connectivity index (χ1) is 15.1. The first-order valence-electron chi connectivity index (χ1n) is 11.1. The molecule has 5 amide bonds. The van der Waals surface area contributed by atoms with Gasteiger partial charge < -0.3 is 5.32 Å². The van der Waals surface area contributed by atoms with E-state index >= 15 is 0 Å². The summed E-state index contributed by atoms with van der Waals surface area (Å²) < 4.78 is 0. The minimum Gasteiger partial charge on any atom is -0.324 e. The van der Waals surface area contributed by atoms with E-state index in [1.54, 1.807) is 19.3 Å². The Hall–Kier alpha value is -2.94. The van der Waals surface area contributed by atoms with E-state index in [1.807, 2.05) is 44.2 Å². The average molecular weight is 447 g/mol. The maximum Gasteiger partial charge on any atom is 0.344 e. The van der Waals surface area contributed by atoms with Crippen LogP contribution in [0, 0.1) is 23.7 Å². The highest BCUT2D eigenvalue weighted by molar-refractivity contribution is 6.05. The predicted octanol–water partition coefficient (Wildman–Crippen LogP) is 2.40. The largest absolute Gasteiger partial charge is 0.344 e. The fraction of sp³-hybridized carbons (Fsp3) is 0.565. The summed E-state index contributed by atoms with van der Waals surface area (Å²) in [5, 5.41) is 12.5. The molecule has 1 fully saturated rings. The highest BCUT2D eigenvalue weighted by Crippen LogP contribution is 2.27. The summed E-state index contributed by atoms with van der Waals surface area (Å²) >= 11 is 0. The van der Waals surface area contributed by atoms with Crippen LogP contribution in [0.5, 0.6) is 0 Å². The first-order valence-corrected chi connectivity index (χ1v) is 11.1. The second-order valence-corrected chi connectivity index (χ2v) is 9.02. The number of imide groups is 1. The Morgan fingerprint density at radius 1 is 1.06 bits per heavy atom. The number of urea groups is 1. The number of nitrogens with one attached hydrogen (secondary N) is 3. The zero-order valence-corrected chi connectivity index (χ0v) is 19.1. The molecule has 0 bridgehead atoms. The van der Waals surface area contributed by atoms with Crippen LogP contribution in [0.2, 0.25) is 0 Å². The molecule has 3 atom stereocenters.